The second-order valence-electron chi connectivity index (χ2n) is 11.1. The summed E-state index contributed by atoms with van der Waals surface area (Å²) in [6.07, 6.45) is 4.81. The summed E-state index contributed by atoms with van der Waals surface area (Å²) in [5.41, 5.74) is 7.84. The Hall–Kier alpha value is -3.75. The molecule has 9 heteroatoms. The van der Waals surface area contributed by atoms with Crippen LogP contribution in [0, 0.1) is 17.3 Å². The number of primary amides is 1. The van der Waals surface area contributed by atoms with Gasteiger partial charge in [0.1, 0.15) is 23.2 Å². The Morgan fingerprint density at radius 3 is 2.48 bits per heavy atom. The first-order valence-electron chi connectivity index (χ1n) is 13.8. The molecule has 0 aliphatic heterocycles. The molecular formula is C31H42N2O7. The molecule has 2 amide bonds. The van der Waals surface area contributed by atoms with Gasteiger partial charge in [-0.05, 0) is 85.8 Å². The van der Waals surface area contributed by atoms with Crippen LogP contribution in [0.1, 0.15) is 87.7 Å². The summed E-state index contributed by atoms with van der Waals surface area (Å²) in [6.45, 7) is 9.85. The van der Waals surface area contributed by atoms with E-state index in [0.29, 0.717) is 29.9 Å². The first-order chi connectivity index (χ1) is 18.8. The van der Waals surface area contributed by atoms with Crippen LogP contribution >= 0.6 is 0 Å². The molecule has 0 spiro atoms. The van der Waals surface area contributed by atoms with Crippen LogP contribution in [0.5, 0.6) is 17.2 Å². The number of nitrogens with one attached hydrogen (secondary N) is 1. The minimum absolute atomic E-state index is 0.0397. The van der Waals surface area contributed by atoms with Crippen LogP contribution in [0.2, 0.25) is 0 Å². The van der Waals surface area contributed by atoms with E-state index in [0.717, 1.165) is 25.7 Å². The fourth-order valence-electron chi connectivity index (χ4n) is 6.34. The van der Waals surface area contributed by atoms with Crippen molar-refractivity contribution >= 4 is 23.5 Å². The van der Waals surface area contributed by atoms with Crippen LogP contribution in [-0.2, 0) is 20.7 Å². The minimum atomic E-state index is -0.832. The monoisotopic (exact) mass is 554 g/mol. The number of hydrogen-bond donors (Lipinski definition) is 4. The average Bonchev–Trinajstić information content (AvgIpc) is 2.91. The van der Waals surface area contributed by atoms with Crippen molar-refractivity contribution in [3.8, 4) is 17.2 Å². The lowest BCUT2D eigenvalue weighted by atomic mass is 9.54. The van der Waals surface area contributed by atoms with Crippen LogP contribution in [0.15, 0.2) is 30.3 Å². The summed E-state index contributed by atoms with van der Waals surface area (Å²) in [7, 11) is 1.35. The van der Waals surface area contributed by atoms with E-state index in [9.17, 15) is 24.6 Å². The molecular weight excluding hydrogens is 512 g/mol. The second-order valence-corrected chi connectivity index (χ2v) is 11.1. The van der Waals surface area contributed by atoms with Crippen molar-refractivity contribution in [1.29, 1.82) is 0 Å². The van der Waals surface area contributed by atoms with E-state index in [2.05, 4.69) is 32.2 Å². The molecule has 2 aliphatic rings. The van der Waals surface area contributed by atoms with E-state index in [1.54, 1.807) is 0 Å². The Labute approximate surface area is 236 Å². The van der Waals surface area contributed by atoms with E-state index < -0.39 is 11.7 Å². The molecule has 0 heterocycles. The normalized spacial score (nSPS) is 23.8. The van der Waals surface area contributed by atoms with Gasteiger partial charge in [0.2, 0.25) is 5.91 Å². The van der Waals surface area contributed by atoms with Gasteiger partial charge in [-0.3, -0.25) is 14.4 Å². The summed E-state index contributed by atoms with van der Waals surface area (Å²) in [6, 6.07) is 8.74. The third kappa shape index (κ3) is 6.35. The van der Waals surface area contributed by atoms with Crippen molar-refractivity contribution in [2.24, 2.45) is 23.0 Å². The number of anilines is 1. The zero-order chi connectivity index (χ0) is 29.8. The van der Waals surface area contributed by atoms with Crippen LogP contribution in [-0.4, -0.2) is 41.2 Å². The Balaban J connectivity index is 0.000000241. The van der Waals surface area contributed by atoms with Gasteiger partial charge < -0.3 is 30.7 Å². The number of rotatable bonds is 6. The minimum Gasteiger partial charge on any atom is -0.508 e. The maximum atomic E-state index is 11.7. The van der Waals surface area contributed by atoms with Crippen molar-refractivity contribution in [3.63, 3.8) is 0 Å². The van der Waals surface area contributed by atoms with Gasteiger partial charge in [-0.2, -0.15) is 0 Å². The molecule has 5 unspecified atom stereocenters. The summed E-state index contributed by atoms with van der Waals surface area (Å²) < 4.78 is 10.6. The van der Waals surface area contributed by atoms with Crippen LogP contribution in [0.3, 0.4) is 0 Å². The van der Waals surface area contributed by atoms with Gasteiger partial charge in [0, 0.05) is 18.8 Å². The van der Waals surface area contributed by atoms with Gasteiger partial charge in [-0.25, -0.2) is 0 Å². The number of esters is 1. The smallest absolute Gasteiger partial charge is 0.305 e. The predicted molar refractivity (Wildman–Crippen MR) is 152 cm³/mol. The number of benzene rings is 2. The highest BCUT2D eigenvalue weighted by molar-refractivity contribution is 6.02. The van der Waals surface area contributed by atoms with Gasteiger partial charge in [0.05, 0.1) is 12.8 Å². The zero-order valence-corrected chi connectivity index (χ0v) is 24.2. The third-order valence-corrected chi connectivity index (χ3v) is 8.91. The third-order valence-electron chi connectivity index (χ3n) is 8.91. The van der Waals surface area contributed by atoms with E-state index in [1.165, 1.54) is 37.3 Å². The second kappa shape index (κ2) is 12.6. The number of methoxy groups -OCH3 is 1. The largest absolute Gasteiger partial charge is 0.508 e. The number of amides is 2. The predicted octanol–water partition coefficient (Wildman–Crippen LogP) is 5.27. The topological polar surface area (TPSA) is 148 Å². The lowest BCUT2D eigenvalue weighted by Gasteiger charge is -2.52. The van der Waals surface area contributed by atoms with E-state index in [4.69, 9.17) is 15.2 Å². The quantitative estimate of drug-likeness (QED) is 0.281. The SMILES string of the molecule is CCC(=O)OC(C)C1(C)CCC2c3ccc(O)cc3CCC2C1C.COc1ccc(NC(C)=O)c(O)c1C(N)=O. The molecule has 2 aromatic rings. The fraction of sp³-hybridized carbons (Fsp3) is 0.516. The summed E-state index contributed by atoms with van der Waals surface area (Å²) in [5.74, 6) is 0.551. The van der Waals surface area contributed by atoms with Crippen molar-refractivity contribution in [2.75, 3.05) is 12.4 Å². The average molecular weight is 555 g/mol. The summed E-state index contributed by atoms with van der Waals surface area (Å²) in [5, 5.41) is 21.8. The number of hydrogen-bond acceptors (Lipinski definition) is 7. The molecule has 0 saturated heterocycles. The van der Waals surface area contributed by atoms with Crippen molar-refractivity contribution in [3.05, 3.63) is 47.0 Å². The first-order valence-corrected chi connectivity index (χ1v) is 13.8. The van der Waals surface area contributed by atoms with Crippen molar-refractivity contribution in [1.82, 2.24) is 0 Å². The van der Waals surface area contributed by atoms with Crippen LogP contribution in [0.25, 0.3) is 0 Å². The maximum Gasteiger partial charge on any atom is 0.305 e. The molecule has 1 fully saturated rings. The number of phenols is 2. The molecule has 2 aromatic carbocycles. The number of phenolic OH excluding ortho intramolecular Hbond substituents is 1. The highest BCUT2D eigenvalue weighted by atomic mass is 16.5. The first kappa shape index (κ1) is 30.8. The van der Waals surface area contributed by atoms with Crippen LogP contribution in [0.4, 0.5) is 5.69 Å². The molecule has 218 valence electrons. The van der Waals surface area contributed by atoms with E-state index in [1.807, 2.05) is 19.1 Å². The molecule has 0 radical (unpaired) electrons. The number of carbonyl (C=O) groups excluding carboxylic acids is 3. The van der Waals surface area contributed by atoms with Gasteiger partial charge in [-0.1, -0.05) is 26.8 Å². The maximum absolute atomic E-state index is 11.7. The van der Waals surface area contributed by atoms with Gasteiger partial charge >= 0.3 is 5.97 Å². The summed E-state index contributed by atoms with van der Waals surface area (Å²) in [4.78, 5) is 33.7. The van der Waals surface area contributed by atoms with E-state index >= 15 is 0 Å². The van der Waals surface area contributed by atoms with Gasteiger partial charge in [0.25, 0.3) is 5.91 Å². The molecule has 5 atom stereocenters. The number of carbonyl (C=O) groups is 3. The Morgan fingerprint density at radius 2 is 1.88 bits per heavy atom. The van der Waals surface area contributed by atoms with Crippen LogP contribution < -0.4 is 15.8 Å². The molecule has 1 saturated carbocycles. The molecule has 40 heavy (non-hydrogen) atoms. The number of ether oxygens (including phenoxy) is 2. The molecule has 2 aliphatic carbocycles. The van der Waals surface area contributed by atoms with Gasteiger partial charge in [-0.15, -0.1) is 0 Å². The molecule has 9 nitrogen and oxygen atoms in total. The number of nitrogens with two attached hydrogens (primary N) is 1. The molecule has 0 aromatic heterocycles. The number of aryl methyl sites for hydroxylation is 1. The van der Waals surface area contributed by atoms with Gasteiger partial charge in [0.15, 0.2) is 5.75 Å². The Bertz CT molecular complexity index is 1260. The zero-order valence-electron chi connectivity index (χ0n) is 24.2. The number of aromatic hydroxyl groups is 2. The lowest BCUT2D eigenvalue weighted by molar-refractivity contribution is -0.160. The standard InChI is InChI=1S/C21H30O3.C10H12N2O4/c1-5-20(23)24-14(3)21(4)11-10-19-17(13(21)2)8-6-15-12-16(22)7-9-18(15)19;1-5(13)12-6-3-4-7(16-2)8(9(6)14)10(11)15/h7,9,12-14,17,19,22H,5-6,8,10-11H2,1-4H3;3-4,14H,1-2H3,(H2,11,15)(H,12,13). The molecule has 4 rings (SSSR count). The lowest BCUT2D eigenvalue weighted by Crippen LogP contribution is -2.48. The Morgan fingerprint density at radius 1 is 1.18 bits per heavy atom. The highest BCUT2D eigenvalue weighted by Crippen LogP contribution is 2.56. The molecule has 0 bridgehead atoms. The summed E-state index contributed by atoms with van der Waals surface area (Å²) >= 11 is 0. The number of fused-ring (bicyclic) bond motifs is 3. The van der Waals surface area contributed by atoms with Crippen molar-refractivity contribution < 1.29 is 34.1 Å². The highest BCUT2D eigenvalue weighted by Gasteiger charge is 2.49. The molecule has 5 N–H and O–H groups in total. The van der Waals surface area contributed by atoms with E-state index in [-0.39, 0.29) is 40.4 Å². The fourth-order valence-corrected chi connectivity index (χ4v) is 6.34. The Kier molecular flexibility index (Phi) is 9.71. The van der Waals surface area contributed by atoms with Crippen molar-refractivity contribution in [2.45, 2.75) is 78.7 Å².